The molecular weight excluding hydrogens is 291 g/mol. The van der Waals surface area contributed by atoms with Gasteiger partial charge in [0.15, 0.2) is 0 Å². The summed E-state index contributed by atoms with van der Waals surface area (Å²) in [6.45, 7) is 1.88. The molecule has 16 heavy (non-hydrogen) atoms. The van der Waals surface area contributed by atoms with Gasteiger partial charge in [0, 0.05) is 12.3 Å². The number of halogens is 2. The average molecular weight is 302 g/mol. The molecule has 0 N–H and O–H groups in total. The molecule has 0 spiro atoms. The number of nitrogens with zero attached hydrogens (tertiary/aromatic N) is 2. The van der Waals surface area contributed by atoms with E-state index in [9.17, 15) is 0 Å². The van der Waals surface area contributed by atoms with Crippen LogP contribution >= 0.6 is 27.5 Å². The van der Waals surface area contributed by atoms with Crippen LogP contribution in [0.2, 0.25) is 5.02 Å². The Balaban J connectivity index is 2.07. The fourth-order valence-electron chi connectivity index (χ4n) is 1.44. The average Bonchev–Trinajstić information content (AvgIpc) is 2.66. The third-order valence-corrected chi connectivity index (χ3v) is 3.00. The molecule has 0 fully saturated rings. The van der Waals surface area contributed by atoms with Crippen molar-refractivity contribution in [2.75, 3.05) is 0 Å². The van der Waals surface area contributed by atoms with Crippen molar-refractivity contribution in [3.05, 3.63) is 45.0 Å². The minimum Gasteiger partial charge on any atom is -0.361 e. The van der Waals surface area contributed by atoms with Gasteiger partial charge >= 0.3 is 0 Å². The molecule has 0 unspecified atom stereocenters. The van der Waals surface area contributed by atoms with Gasteiger partial charge < -0.3 is 4.52 Å². The maximum Gasteiger partial charge on any atom is 0.133 e. The Kier molecular flexibility index (Phi) is 3.61. The van der Waals surface area contributed by atoms with Gasteiger partial charge in [0.05, 0.1) is 10.7 Å². The van der Waals surface area contributed by atoms with Crippen molar-refractivity contribution in [3.63, 3.8) is 0 Å². The van der Waals surface area contributed by atoms with E-state index < -0.39 is 0 Å². The molecule has 0 bridgehead atoms. The summed E-state index contributed by atoms with van der Waals surface area (Å²) in [5.41, 5.74) is 2.01. The zero-order chi connectivity index (χ0) is 11.5. The molecule has 0 radical (unpaired) electrons. The number of hydrogen-bond acceptors (Lipinski definition) is 3. The van der Waals surface area contributed by atoms with Gasteiger partial charge in [0.1, 0.15) is 10.4 Å². The smallest absolute Gasteiger partial charge is 0.133 e. The zero-order valence-corrected chi connectivity index (χ0v) is 11.0. The van der Waals surface area contributed by atoms with Crippen molar-refractivity contribution in [2.45, 2.75) is 19.8 Å². The summed E-state index contributed by atoms with van der Waals surface area (Å²) in [5, 5.41) is 4.62. The quantitative estimate of drug-likeness (QED) is 0.813. The van der Waals surface area contributed by atoms with Crippen LogP contribution in [0.1, 0.15) is 17.0 Å². The second-order valence-electron chi connectivity index (χ2n) is 3.53. The standard InChI is InChI=1S/C11H10BrClN2O/c1-7-4-9(15-16-7)3-2-8-5-11(12)14-6-10(8)13/h4-6H,2-3H2,1H3. The summed E-state index contributed by atoms with van der Waals surface area (Å²) in [5.74, 6) is 0.831. The Bertz CT molecular complexity index is 498. The zero-order valence-electron chi connectivity index (χ0n) is 8.70. The number of rotatable bonds is 3. The van der Waals surface area contributed by atoms with E-state index in [0.717, 1.165) is 34.5 Å². The van der Waals surface area contributed by atoms with E-state index in [2.05, 4.69) is 26.1 Å². The van der Waals surface area contributed by atoms with Crippen molar-refractivity contribution in [3.8, 4) is 0 Å². The van der Waals surface area contributed by atoms with E-state index >= 15 is 0 Å². The summed E-state index contributed by atoms with van der Waals surface area (Å²) in [7, 11) is 0. The van der Waals surface area contributed by atoms with Gasteiger partial charge in [-0.3, -0.25) is 0 Å². The van der Waals surface area contributed by atoms with Crippen LogP contribution in [0.3, 0.4) is 0 Å². The lowest BCUT2D eigenvalue weighted by molar-refractivity contribution is 0.390. The van der Waals surface area contributed by atoms with E-state index in [1.54, 1.807) is 6.20 Å². The first-order valence-corrected chi connectivity index (χ1v) is 6.04. The van der Waals surface area contributed by atoms with Gasteiger partial charge in [-0.2, -0.15) is 0 Å². The Morgan fingerprint density at radius 2 is 2.19 bits per heavy atom. The topological polar surface area (TPSA) is 38.9 Å². The fraction of sp³-hybridized carbons (Fsp3) is 0.273. The maximum absolute atomic E-state index is 6.04. The van der Waals surface area contributed by atoms with Gasteiger partial charge in [0.2, 0.25) is 0 Å². The molecule has 0 aromatic carbocycles. The highest BCUT2D eigenvalue weighted by Gasteiger charge is 2.05. The first-order chi connectivity index (χ1) is 7.65. The predicted octanol–water partition coefficient (Wildman–Crippen LogP) is 3.58. The number of pyridine rings is 1. The summed E-state index contributed by atoms with van der Waals surface area (Å²) >= 11 is 9.36. The molecule has 2 rings (SSSR count). The molecule has 0 atom stereocenters. The van der Waals surface area contributed by atoms with Crippen LogP contribution in [-0.4, -0.2) is 10.1 Å². The minimum atomic E-state index is 0.684. The third-order valence-electron chi connectivity index (χ3n) is 2.23. The summed E-state index contributed by atoms with van der Waals surface area (Å²) in [6.07, 6.45) is 3.29. The number of aromatic nitrogens is 2. The van der Waals surface area contributed by atoms with Crippen molar-refractivity contribution in [2.24, 2.45) is 0 Å². The highest BCUT2D eigenvalue weighted by atomic mass is 79.9. The Hall–Kier alpha value is -0.870. The van der Waals surface area contributed by atoms with Crippen molar-refractivity contribution in [1.82, 2.24) is 10.1 Å². The monoisotopic (exact) mass is 300 g/mol. The minimum absolute atomic E-state index is 0.684. The lowest BCUT2D eigenvalue weighted by atomic mass is 10.1. The van der Waals surface area contributed by atoms with Crippen LogP contribution < -0.4 is 0 Å². The van der Waals surface area contributed by atoms with Crippen LogP contribution in [-0.2, 0) is 12.8 Å². The molecular formula is C11H10BrClN2O. The van der Waals surface area contributed by atoms with Crippen molar-refractivity contribution in [1.29, 1.82) is 0 Å². The SMILES string of the molecule is Cc1cc(CCc2cc(Br)ncc2Cl)no1. The van der Waals surface area contributed by atoms with E-state index in [0.29, 0.717) is 5.02 Å². The number of aryl methyl sites for hydroxylation is 3. The molecule has 0 saturated heterocycles. The first kappa shape index (κ1) is 11.6. The third kappa shape index (κ3) is 2.83. The van der Waals surface area contributed by atoms with E-state index in [-0.39, 0.29) is 0 Å². The molecule has 0 saturated carbocycles. The first-order valence-electron chi connectivity index (χ1n) is 4.87. The molecule has 5 heteroatoms. The largest absolute Gasteiger partial charge is 0.361 e. The van der Waals surface area contributed by atoms with E-state index in [1.165, 1.54) is 0 Å². The van der Waals surface area contributed by atoms with Gasteiger partial charge in [-0.25, -0.2) is 4.98 Å². The molecule has 3 nitrogen and oxygen atoms in total. The molecule has 84 valence electrons. The summed E-state index contributed by atoms with van der Waals surface area (Å²) in [6, 6.07) is 3.86. The second kappa shape index (κ2) is 4.97. The second-order valence-corrected chi connectivity index (χ2v) is 4.75. The lowest BCUT2D eigenvalue weighted by Gasteiger charge is -2.02. The fourth-order valence-corrected chi connectivity index (χ4v) is 2.02. The van der Waals surface area contributed by atoms with Crippen LogP contribution in [0.5, 0.6) is 0 Å². The van der Waals surface area contributed by atoms with E-state index in [1.807, 2.05) is 19.1 Å². The van der Waals surface area contributed by atoms with Crippen LogP contribution in [0.4, 0.5) is 0 Å². The highest BCUT2D eigenvalue weighted by Crippen LogP contribution is 2.20. The van der Waals surface area contributed by atoms with Crippen molar-refractivity contribution < 1.29 is 4.52 Å². The Morgan fingerprint density at radius 1 is 1.38 bits per heavy atom. The molecule has 2 heterocycles. The summed E-state index contributed by atoms with van der Waals surface area (Å²) in [4.78, 5) is 4.05. The normalized spacial score (nSPS) is 10.7. The lowest BCUT2D eigenvalue weighted by Crippen LogP contribution is -1.93. The Labute approximate surface area is 107 Å². The van der Waals surface area contributed by atoms with Gasteiger partial charge in [0.25, 0.3) is 0 Å². The van der Waals surface area contributed by atoms with Gasteiger partial charge in [-0.15, -0.1) is 0 Å². The Morgan fingerprint density at radius 3 is 2.88 bits per heavy atom. The van der Waals surface area contributed by atoms with Crippen LogP contribution in [0.15, 0.2) is 27.5 Å². The van der Waals surface area contributed by atoms with Crippen molar-refractivity contribution >= 4 is 27.5 Å². The molecule has 0 aliphatic carbocycles. The van der Waals surface area contributed by atoms with Gasteiger partial charge in [-0.1, -0.05) is 16.8 Å². The molecule has 0 aliphatic heterocycles. The van der Waals surface area contributed by atoms with Crippen LogP contribution in [0, 0.1) is 6.92 Å². The highest BCUT2D eigenvalue weighted by molar-refractivity contribution is 9.10. The number of hydrogen-bond donors (Lipinski definition) is 0. The maximum atomic E-state index is 6.04. The molecule has 0 aliphatic rings. The predicted molar refractivity (Wildman–Crippen MR) is 65.6 cm³/mol. The molecule has 2 aromatic heterocycles. The van der Waals surface area contributed by atoms with Crippen LogP contribution in [0.25, 0.3) is 0 Å². The van der Waals surface area contributed by atoms with E-state index in [4.69, 9.17) is 16.1 Å². The van der Waals surface area contributed by atoms with Gasteiger partial charge in [-0.05, 0) is 47.3 Å². The molecule has 0 amide bonds. The molecule has 2 aromatic rings. The summed E-state index contributed by atoms with van der Waals surface area (Å²) < 4.78 is 5.80.